The standard InChI is InChI=1S/C13H16F3N3O4.C12H18N4O6S/c1-3-5-6-17(4-2)12-10(18(20)21)7-9(13(14,15)16)8-11(12)19(22)23;1-3-5-14(6-4-2)12-10(15(17)18)7-9(23(13,21)22)8-11(12)16(19)20/h7-8H,3-6H2,1-2H3;7-8H,3-6H2,1-2H3,(H2,13,21,22). The van der Waals surface area contributed by atoms with Gasteiger partial charge in [0.05, 0.1) is 30.2 Å². The average molecular weight is 682 g/mol. The number of benzene rings is 2. The molecule has 17 nitrogen and oxygen atoms in total. The molecule has 0 atom stereocenters. The van der Waals surface area contributed by atoms with Crippen molar-refractivity contribution in [3.8, 4) is 0 Å². The number of nitro groups is 4. The number of rotatable bonds is 15. The molecule has 0 saturated heterocycles. The Kier molecular flexibility index (Phi) is 14.2. The molecule has 0 fully saturated rings. The molecule has 21 heteroatoms. The van der Waals surface area contributed by atoms with E-state index in [-0.39, 0.29) is 24.5 Å². The van der Waals surface area contributed by atoms with Crippen LogP contribution in [-0.4, -0.2) is 54.3 Å². The topological polar surface area (TPSA) is 239 Å². The van der Waals surface area contributed by atoms with Crippen molar-refractivity contribution in [3.05, 3.63) is 70.3 Å². The summed E-state index contributed by atoms with van der Waals surface area (Å²) >= 11 is 0. The first-order chi connectivity index (χ1) is 21.3. The molecule has 0 spiro atoms. The zero-order valence-electron chi connectivity index (χ0n) is 25.4. The number of nitro benzene ring substituents is 4. The van der Waals surface area contributed by atoms with Gasteiger partial charge in [-0.2, -0.15) is 13.2 Å². The summed E-state index contributed by atoms with van der Waals surface area (Å²) in [5.41, 5.74) is -5.12. The molecule has 0 amide bonds. The summed E-state index contributed by atoms with van der Waals surface area (Å²) in [7, 11) is -4.31. The number of sulfonamides is 1. The first-order valence-electron chi connectivity index (χ1n) is 13.8. The van der Waals surface area contributed by atoms with Crippen molar-refractivity contribution in [1.82, 2.24) is 0 Å². The monoisotopic (exact) mass is 681 g/mol. The van der Waals surface area contributed by atoms with Crippen LogP contribution in [0, 0.1) is 40.5 Å². The number of halogens is 3. The Hall–Kier alpha value is -4.66. The van der Waals surface area contributed by atoms with Gasteiger partial charge in [0.1, 0.15) is 0 Å². The van der Waals surface area contributed by atoms with E-state index in [1.54, 1.807) is 6.92 Å². The fourth-order valence-electron chi connectivity index (χ4n) is 4.37. The van der Waals surface area contributed by atoms with E-state index in [4.69, 9.17) is 5.14 Å². The number of primary sulfonamides is 1. The molecule has 0 bridgehead atoms. The van der Waals surface area contributed by atoms with Crippen LogP contribution in [-0.2, 0) is 16.2 Å². The summed E-state index contributed by atoms with van der Waals surface area (Å²) in [5, 5.41) is 49.9. The molecular weight excluding hydrogens is 647 g/mol. The minimum atomic E-state index is -4.91. The van der Waals surface area contributed by atoms with E-state index in [9.17, 15) is 62.0 Å². The van der Waals surface area contributed by atoms with Gasteiger partial charge in [0.15, 0.2) is 11.4 Å². The second-order valence-corrected chi connectivity index (χ2v) is 11.2. The Bertz CT molecular complexity index is 1480. The molecule has 2 aromatic rings. The SMILES string of the molecule is CCCCN(CC)c1c([N+](=O)[O-])cc(C(F)(F)F)cc1[N+](=O)[O-].CCCN(CCC)c1c([N+](=O)[O-])cc(S(N)(=O)=O)cc1[N+](=O)[O-]. The molecule has 2 aromatic carbocycles. The molecule has 0 aliphatic carbocycles. The number of hydrogen-bond donors (Lipinski definition) is 1. The van der Waals surface area contributed by atoms with E-state index in [2.05, 4.69) is 0 Å². The van der Waals surface area contributed by atoms with Gasteiger partial charge in [-0.1, -0.05) is 27.2 Å². The van der Waals surface area contributed by atoms with Crippen molar-refractivity contribution in [3.63, 3.8) is 0 Å². The summed E-state index contributed by atoms with van der Waals surface area (Å²) in [4.78, 5) is 43.4. The van der Waals surface area contributed by atoms with Gasteiger partial charge in [0.25, 0.3) is 11.4 Å². The van der Waals surface area contributed by atoms with Crippen LogP contribution < -0.4 is 14.9 Å². The maximum Gasteiger partial charge on any atom is 0.416 e. The summed E-state index contributed by atoms with van der Waals surface area (Å²) in [6.45, 7) is 8.36. The van der Waals surface area contributed by atoms with Crippen LogP contribution in [0.4, 0.5) is 47.3 Å². The van der Waals surface area contributed by atoms with Crippen molar-refractivity contribution in [2.75, 3.05) is 36.0 Å². The van der Waals surface area contributed by atoms with Crippen LogP contribution in [0.2, 0.25) is 0 Å². The lowest BCUT2D eigenvalue weighted by molar-refractivity contribution is -0.393. The molecule has 0 aliphatic heterocycles. The molecule has 0 radical (unpaired) electrons. The molecule has 256 valence electrons. The molecule has 0 saturated carbocycles. The predicted molar refractivity (Wildman–Crippen MR) is 161 cm³/mol. The van der Waals surface area contributed by atoms with Crippen LogP contribution in [0.1, 0.15) is 58.9 Å². The maximum absolute atomic E-state index is 12.8. The third-order valence-corrected chi connectivity index (χ3v) is 7.23. The minimum absolute atomic E-state index is 0.198. The van der Waals surface area contributed by atoms with E-state index in [1.807, 2.05) is 20.8 Å². The summed E-state index contributed by atoms with van der Waals surface area (Å²) < 4.78 is 61.4. The van der Waals surface area contributed by atoms with E-state index in [1.165, 1.54) is 9.80 Å². The minimum Gasteiger partial charge on any atom is -0.361 e. The molecule has 0 aliphatic rings. The van der Waals surface area contributed by atoms with Gasteiger partial charge in [-0.3, -0.25) is 40.5 Å². The summed E-state index contributed by atoms with van der Waals surface area (Å²) in [6.07, 6.45) is -2.34. The first-order valence-corrected chi connectivity index (χ1v) is 15.3. The fourth-order valence-corrected chi connectivity index (χ4v) is 4.92. The Labute approximate surface area is 261 Å². The van der Waals surface area contributed by atoms with Crippen molar-refractivity contribution >= 4 is 44.1 Å². The number of alkyl halides is 3. The Morgan fingerprint density at radius 2 is 1.04 bits per heavy atom. The maximum atomic E-state index is 12.8. The van der Waals surface area contributed by atoms with E-state index in [0.717, 1.165) is 18.6 Å². The molecule has 2 rings (SSSR count). The van der Waals surface area contributed by atoms with Gasteiger partial charge < -0.3 is 9.80 Å². The Morgan fingerprint density at radius 1 is 0.674 bits per heavy atom. The highest BCUT2D eigenvalue weighted by Gasteiger charge is 2.39. The van der Waals surface area contributed by atoms with Gasteiger partial charge >= 0.3 is 17.6 Å². The van der Waals surface area contributed by atoms with Crippen LogP contribution in [0.3, 0.4) is 0 Å². The van der Waals surface area contributed by atoms with E-state index >= 15 is 0 Å². The van der Waals surface area contributed by atoms with Crippen molar-refractivity contribution in [2.24, 2.45) is 5.14 Å². The third kappa shape index (κ3) is 10.2. The second-order valence-electron chi connectivity index (χ2n) is 9.66. The highest BCUT2D eigenvalue weighted by Crippen LogP contribution is 2.43. The Morgan fingerprint density at radius 3 is 1.33 bits per heavy atom. The van der Waals surface area contributed by atoms with Gasteiger partial charge in [-0.25, -0.2) is 13.6 Å². The van der Waals surface area contributed by atoms with Gasteiger partial charge in [0, 0.05) is 50.4 Å². The molecule has 0 aromatic heterocycles. The first kappa shape index (κ1) is 39.4. The molecule has 2 N–H and O–H groups in total. The van der Waals surface area contributed by atoms with Crippen LogP contribution in [0.15, 0.2) is 29.2 Å². The smallest absolute Gasteiger partial charge is 0.361 e. The molecular formula is C25H34F3N7O10S. The van der Waals surface area contributed by atoms with Gasteiger partial charge in [-0.05, 0) is 26.2 Å². The summed E-state index contributed by atoms with van der Waals surface area (Å²) in [5.74, 6) is 0. The molecule has 0 unspecified atom stereocenters. The molecule has 46 heavy (non-hydrogen) atoms. The van der Waals surface area contributed by atoms with Crippen molar-refractivity contribution in [2.45, 2.75) is 64.5 Å². The van der Waals surface area contributed by atoms with Crippen LogP contribution in [0.5, 0.6) is 0 Å². The zero-order valence-corrected chi connectivity index (χ0v) is 26.2. The largest absolute Gasteiger partial charge is 0.416 e. The van der Waals surface area contributed by atoms with E-state index in [0.29, 0.717) is 44.5 Å². The lowest BCUT2D eigenvalue weighted by Crippen LogP contribution is -2.27. The quantitative estimate of drug-likeness (QED) is 0.170. The van der Waals surface area contributed by atoms with Crippen molar-refractivity contribution in [1.29, 1.82) is 0 Å². The lowest BCUT2D eigenvalue weighted by atomic mass is 10.1. The number of nitrogens with two attached hydrogens (primary N) is 1. The normalized spacial score (nSPS) is 11.3. The number of anilines is 2. The second kappa shape index (κ2) is 16.6. The highest BCUT2D eigenvalue weighted by atomic mass is 32.2. The highest BCUT2D eigenvalue weighted by molar-refractivity contribution is 7.89. The molecule has 0 heterocycles. The fraction of sp³-hybridized carbons (Fsp3) is 0.520. The third-order valence-electron chi connectivity index (χ3n) is 6.34. The predicted octanol–water partition coefficient (Wildman–Crippen LogP) is 5.93. The Balaban J connectivity index is 0.000000460. The van der Waals surface area contributed by atoms with Gasteiger partial charge in [-0.15, -0.1) is 0 Å². The number of unbranched alkanes of at least 4 members (excludes halogenated alkanes) is 1. The number of hydrogen-bond acceptors (Lipinski definition) is 12. The average Bonchev–Trinajstić information content (AvgIpc) is 2.95. The lowest BCUT2D eigenvalue weighted by Gasteiger charge is -2.23. The van der Waals surface area contributed by atoms with Crippen molar-refractivity contribution < 1.29 is 41.3 Å². The number of nitrogens with zero attached hydrogens (tertiary/aromatic N) is 6. The zero-order chi connectivity index (χ0) is 35.6. The van der Waals surface area contributed by atoms with Gasteiger partial charge in [0.2, 0.25) is 10.0 Å². The van der Waals surface area contributed by atoms with Crippen LogP contribution in [0.25, 0.3) is 0 Å². The van der Waals surface area contributed by atoms with Crippen LogP contribution >= 0.6 is 0 Å². The summed E-state index contributed by atoms with van der Waals surface area (Å²) in [6, 6.07) is 2.21. The van der Waals surface area contributed by atoms with E-state index < -0.39 is 69.1 Å².